The van der Waals surface area contributed by atoms with E-state index in [1.54, 1.807) is 12.1 Å². The van der Waals surface area contributed by atoms with Gasteiger partial charge in [-0.05, 0) is 43.3 Å². The number of benzene rings is 2. The summed E-state index contributed by atoms with van der Waals surface area (Å²) < 4.78 is 39.0. The number of nitrogens with two attached hydrogens (primary N) is 1. The third-order valence-electron chi connectivity index (χ3n) is 3.39. The van der Waals surface area contributed by atoms with Crippen LogP contribution in [-0.2, 0) is 10.0 Å². The lowest BCUT2D eigenvalue weighted by atomic mass is 10.1. The van der Waals surface area contributed by atoms with Crippen LogP contribution in [0.25, 0.3) is 11.3 Å². The molecule has 2 aromatic carbocycles. The monoisotopic (exact) mass is 331 g/mol. The van der Waals surface area contributed by atoms with Gasteiger partial charge in [0.05, 0.1) is 10.6 Å². The van der Waals surface area contributed by atoms with Crippen molar-refractivity contribution in [2.75, 3.05) is 5.73 Å². The van der Waals surface area contributed by atoms with E-state index in [1.807, 2.05) is 6.92 Å². The normalized spacial score (nSPS) is 11.6. The topological polar surface area (TPSA) is 78.0 Å². The summed E-state index contributed by atoms with van der Waals surface area (Å²) in [5.41, 5.74) is 7.70. The summed E-state index contributed by atoms with van der Waals surface area (Å²) in [5.74, 6) is -0.390. The lowest BCUT2D eigenvalue weighted by Crippen LogP contribution is -2.16. The first kappa shape index (κ1) is 15.2. The molecule has 0 fully saturated rings. The van der Waals surface area contributed by atoms with E-state index in [0.717, 1.165) is 9.65 Å². The molecule has 118 valence electrons. The second-order valence-corrected chi connectivity index (χ2v) is 6.89. The number of halogens is 1. The minimum absolute atomic E-state index is 0.00935. The first-order valence-electron chi connectivity index (χ1n) is 6.81. The van der Waals surface area contributed by atoms with E-state index in [4.69, 9.17) is 5.73 Å². The van der Waals surface area contributed by atoms with Gasteiger partial charge < -0.3 is 5.73 Å². The Labute approximate surface area is 133 Å². The van der Waals surface area contributed by atoms with Crippen LogP contribution < -0.4 is 5.73 Å². The molecule has 3 rings (SSSR count). The van der Waals surface area contributed by atoms with Crippen molar-refractivity contribution in [1.29, 1.82) is 0 Å². The fourth-order valence-corrected chi connectivity index (χ4v) is 3.35. The Hall–Kier alpha value is -2.67. The summed E-state index contributed by atoms with van der Waals surface area (Å²) >= 11 is 0. The van der Waals surface area contributed by atoms with E-state index in [2.05, 4.69) is 5.10 Å². The average molecular weight is 331 g/mol. The molecule has 0 saturated carbocycles. The molecule has 7 heteroatoms. The van der Waals surface area contributed by atoms with Crippen LogP contribution in [0.5, 0.6) is 0 Å². The van der Waals surface area contributed by atoms with Gasteiger partial charge in [-0.25, -0.2) is 4.39 Å². The highest BCUT2D eigenvalue weighted by molar-refractivity contribution is 7.90. The Morgan fingerprint density at radius 3 is 2.26 bits per heavy atom. The second kappa shape index (κ2) is 5.51. The van der Waals surface area contributed by atoms with Gasteiger partial charge in [0.2, 0.25) is 0 Å². The van der Waals surface area contributed by atoms with E-state index in [-0.39, 0.29) is 16.5 Å². The van der Waals surface area contributed by atoms with Crippen molar-refractivity contribution in [3.8, 4) is 11.3 Å². The third-order valence-corrected chi connectivity index (χ3v) is 5.01. The van der Waals surface area contributed by atoms with Gasteiger partial charge in [0.15, 0.2) is 0 Å². The quantitative estimate of drug-likeness (QED) is 0.800. The van der Waals surface area contributed by atoms with Gasteiger partial charge in [-0.2, -0.15) is 13.5 Å². The van der Waals surface area contributed by atoms with Crippen LogP contribution in [0.15, 0.2) is 59.5 Å². The van der Waals surface area contributed by atoms with Crippen LogP contribution in [-0.4, -0.2) is 17.6 Å². The zero-order valence-electron chi connectivity index (χ0n) is 12.3. The van der Waals surface area contributed by atoms with Crippen molar-refractivity contribution in [3.63, 3.8) is 0 Å². The fraction of sp³-hybridized carbons (Fsp3) is 0.0625. The molecule has 0 aliphatic carbocycles. The minimum Gasteiger partial charge on any atom is -0.383 e. The number of rotatable bonds is 3. The zero-order valence-corrected chi connectivity index (χ0v) is 13.1. The predicted octanol–water partition coefficient (Wildman–Crippen LogP) is 2.82. The lowest BCUT2D eigenvalue weighted by Gasteiger charge is -2.06. The molecule has 0 bridgehead atoms. The molecule has 0 aliphatic heterocycles. The van der Waals surface area contributed by atoms with Crippen molar-refractivity contribution in [1.82, 2.24) is 9.19 Å². The number of hydrogen-bond donors (Lipinski definition) is 1. The van der Waals surface area contributed by atoms with Crippen LogP contribution in [0.3, 0.4) is 0 Å². The Morgan fingerprint density at radius 1 is 1.04 bits per heavy atom. The number of nitrogen functional groups attached to an aromatic ring is 1. The molecule has 5 nitrogen and oxygen atoms in total. The van der Waals surface area contributed by atoms with E-state index in [0.29, 0.717) is 11.3 Å². The molecule has 1 aromatic heterocycles. The molecule has 0 aliphatic rings. The Bertz CT molecular complexity index is 946. The maximum Gasteiger partial charge on any atom is 0.284 e. The summed E-state index contributed by atoms with van der Waals surface area (Å²) in [6.45, 7) is 1.87. The van der Waals surface area contributed by atoms with Gasteiger partial charge in [-0.1, -0.05) is 17.7 Å². The van der Waals surface area contributed by atoms with Gasteiger partial charge >= 0.3 is 0 Å². The summed E-state index contributed by atoms with van der Waals surface area (Å²) in [5, 5.41) is 4.06. The Morgan fingerprint density at radius 2 is 1.65 bits per heavy atom. The molecule has 0 spiro atoms. The molecular weight excluding hydrogens is 317 g/mol. The summed E-state index contributed by atoms with van der Waals surface area (Å²) in [6, 6.07) is 13.4. The van der Waals surface area contributed by atoms with Crippen molar-refractivity contribution < 1.29 is 12.8 Å². The molecule has 0 unspecified atom stereocenters. The highest BCUT2D eigenvalue weighted by Crippen LogP contribution is 2.24. The average Bonchev–Trinajstić information content (AvgIpc) is 2.91. The molecule has 0 radical (unpaired) electrons. The maximum atomic E-state index is 13.0. The van der Waals surface area contributed by atoms with Crippen LogP contribution in [0.2, 0.25) is 0 Å². The SMILES string of the molecule is Cc1ccc(S(=O)(=O)n2nc(-c3ccc(F)cc3)cc2N)cc1. The highest BCUT2D eigenvalue weighted by Gasteiger charge is 2.21. The summed E-state index contributed by atoms with van der Waals surface area (Å²) in [4.78, 5) is 0.101. The van der Waals surface area contributed by atoms with Crippen LogP contribution in [0, 0.1) is 12.7 Å². The fourth-order valence-electron chi connectivity index (χ4n) is 2.14. The van der Waals surface area contributed by atoms with Crippen LogP contribution in [0.1, 0.15) is 5.56 Å². The largest absolute Gasteiger partial charge is 0.383 e. The van der Waals surface area contributed by atoms with E-state index in [9.17, 15) is 12.8 Å². The number of anilines is 1. The third kappa shape index (κ3) is 2.83. The molecule has 2 N–H and O–H groups in total. The zero-order chi connectivity index (χ0) is 16.6. The number of aromatic nitrogens is 2. The molecule has 3 aromatic rings. The van der Waals surface area contributed by atoms with E-state index >= 15 is 0 Å². The maximum absolute atomic E-state index is 13.0. The van der Waals surface area contributed by atoms with E-state index < -0.39 is 10.0 Å². The highest BCUT2D eigenvalue weighted by atomic mass is 32.2. The van der Waals surface area contributed by atoms with Gasteiger partial charge in [-0.3, -0.25) is 0 Å². The predicted molar refractivity (Wildman–Crippen MR) is 85.8 cm³/mol. The molecule has 0 saturated heterocycles. The summed E-state index contributed by atoms with van der Waals surface area (Å²) in [7, 11) is -3.88. The van der Waals surface area contributed by atoms with E-state index in [1.165, 1.54) is 42.5 Å². The molecule has 0 atom stereocenters. The molecular formula is C16H14FN3O2S. The van der Waals surface area contributed by atoms with Crippen molar-refractivity contribution >= 4 is 15.8 Å². The molecule has 1 heterocycles. The summed E-state index contributed by atoms with van der Waals surface area (Å²) in [6.07, 6.45) is 0. The van der Waals surface area contributed by atoms with Gasteiger partial charge in [0.1, 0.15) is 11.6 Å². The number of hydrogen-bond acceptors (Lipinski definition) is 4. The van der Waals surface area contributed by atoms with Gasteiger partial charge in [0, 0.05) is 11.6 Å². The minimum atomic E-state index is -3.88. The lowest BCUT2D eigenvalue weighted by molar-refractivity contribution is 0.581. The van der Waals surface area contributed by atoms with Crippen LogP contribution >= 0.6 is 0 Å². The van der Waals surface area contributed by atoms with Crippen molar-refractivity contribution in [2.24, 2.45) is 0 Å². The molecule has 0 amide bonds. The van der Waals surface area contributed by atoms with Gasteiger partial charge in [-0.15, -0.1) is 4.09 Å². The van der Waals surface area contributed by atoms with Crippen molar-refractivity contribution in [2.45, 2.75) is 11.8 Å². The molecule has 23 heavy (non-hydrogen) atoms. The number of aryl methyl sites for hydroxylation is 1. The number of nitrogens with zero attached hydrogens (tertiary/aromatic N) is 2. The Kier molecular flexibility index (Phi) is 3.65. The van der Waals surface area contributed by atoms with Crippen molar-refractivity contribution in [3.05, 3.63) is 66.0 Å². The first-order valence-corrected chi connectivity index (χ1v) is 8.26. The van der Waals surface area contributed by atoms with Crippen LogP contribution in [0.4, 0.5) is 10.2 Å². The first-order chi connectivity index (χ1) is 10.9. The standard InChI is InChI=1S/C16H14FN3O2S/c1-11-2-8-14(9-3-11)23(21,22)20-16(18)10-15(19-20)12-4-6-13(17)7-5-12/h2-10H,18H2,1H3. The second-order valence-electron chi connectivity index (χ2n) is 5.12. The van der Waals surface area contributed by atoms with Gasteiger partial charge in [0.25, 0.3) is 10.0 Å². The Balaban J connectivity index is 2.07. The smallest absolute Gasteiger partial charge is 0.284 e.